The summed E-state index contributed by atoms with van der Waals surface area (Å²) in [6.45, 7) is 7.96. The fraction of sp³-hybridized carbons (Fsp3) is 0.900. The van der Waals surface area contributed by atoms with Crippen molar-refractivity contribution in [3.8, 4) is 0 Å². The highest BCUT2D eigenvalue weighted by molar-refractivity contribution is 5.72. The van der Waals surface area contributed by atoms with Crippen molar-refractivity contribution in [1.29, 1.82) is 0 Å². The maximum atomic E-state index is 11.2. The van der Waals surface area contributed by atoms with Gasteiger partial charge in [-0.25, -0.2) is 0 Å². The largest absolute Gasteiger partial charge is 0.469 e. The second-order valence-corrected chi connectivity index (χ2v) is 3.68. The van der Waals surface area contributed by atoms with Crippen molar-refractivity contribution in [2.24, 2.45) is 11.8 Å². The Hall–Kier alpha value is -0.570. The standard InChI is InChI=1S/C10H21NO2/c1-5-9(10(12)13-4)7-11-6-8(2)3/h8-9,11H,5-7H2,1-4H3. The third-order valence-electron chi connectivity index (χ3n) is 1.97. The minimum Gasteiger partial charge on any atom is -0.469 e. The topological polar surface area (TPSA) is 38.3 Å². The van der Waals surface area contributed by atoms with Gasteiger partial charge in [0.15, 0.2) is 0 Å². The molecular weight excluding hydrogens is 166 g/mol. The molecule has 3 nitrogen and oxygen atoms in total. The molecular formula is C10H21NO2. The van der Waals surface area contributed by atoms with Crippen LogP contribution in [0.2, 0.25) is 0 Å². The summed E-state index contributed by atoms with van der Waals surface area (Å²) in [5.41, 5.74) is 0. The van der Waals surface area contributed by atoms with E-state index < -0.39 is 0 Å². The van der Waals surface area contributed by atoms with Crippen LogP contribution in [0.25, 0.3) is 0 Å². The fourth-order valence-electron chi connectivity index (χ4n) is 1.11. The molecule has 3 heteroatoms. The van der Waals surface area contributed by atoms with Gasteiger partial charge in [-0.15, -0.1) is 0 Å². The van der Waals surface area contributed by atoms with E-state index in [0.717, 1.165) is 19.5 Å². The van der Waals surface area contributed by atoms with E-state index in [-0.39, 0.29) is 11.9 Å². The highest BCUT2D eigenvalue weighted by Gasteiger charge is 2.15. The van der Waals surface area contributed by atoms with Gasteiger partial charge in [0.05, 0.1) is 13.0 Å². The first-order valence-corrected chi connectivity index (χ1v) is 4.90. The number of methoxy groups -OCH3 is 1. The van der Waals surface area contributed by atoms with E-state index in [1.54, 1.807) is 0 Å². The highest BCUT2D eigenvalue weighted by atomic mass is 16.5. The highest BCUT2D eigenvalue weighted by Crippen LogP contribution is 2.03. The smallest absolute Gasteiger partial charge is 0.309 e. The maximum absolute atomic E-state index is 11.2. The lowest BCUT2D eigenvalue weighted by molar-refractivity contribution is -0.145. The molecule has 0 aromatic carbocycles. The molecule has 78 valence electrons. The summed E-state index contributed by atoms with van der Waals surface area (Å²) < 4.78 is 4.68. The second-order valence-electron chi connectivity index (χ2n) is 3.68. The summed E-state index contributed by atoms with van der Waals surface area (Å²) in [5.74, 6) is 0.512. The van der Waals surface area contributed by atoms with Crippen LogP contribution in [0.4, 0.5) is 0 Å². The third-order valence-corrected chi connectivity index (χ3v) is 1.97. The first-order valence-electron chi connectivity index (χ1n) is 4.90. The molecule has 0 fully saturated rings. The SMILES string of the molecule is CCC(CNCC(C)C)C(=O)OC. The zero-order valence-electron chi connectivity index (χ0n) is 9.09. The minimum atomic E-state index is -0.112. The summed E-state index contributed by atoms with van der Waals surface area (Å²) in [6.07, 6.45) is 0.831. The van der Waals surface area contributed by atoms with Gasteiger partial charge >= 0.3 is 5.97 Å². The Morgan fingerprint density at radius 1 is 1.38 bits per heavy atom. The van der Waals surface area contributed by atoms with E-state index >= 15 is 0 Å². The van der Waals surface area contributed by atoms with Crippen LogP contribution in [0, 0.1) is 11.8 Å². The zero-order valence-corrected chi connectivity index (χ0v) is 9.09. The monoisotopic (exact) mass is 187 g/mol. The molecule has 0 aliphatic carbocycles. The van der Waals surface area contributed by atoms with E-state index in [1.165, 1.54) is 7.11 Å². The van der Waals surface area contributed by atoms with Crippen LogP contribution in [0.5, 0.6) is 0 Å². The van der Waals surface area contributed by atoms with Crippen molar-refractivity contribution in [3.05, 3.63) is 0 Å². The summed E-state index contributed by atoms with van der Waals surface area (Å²) >= 11 is 0. The first-order chi connectivity index (χ1) is 6.11. The van der Waals surface area contributed by atoms with Crippen LogP contribution in [-0.2, 0) is 9.53 Å². The average molecular weight is 187 g/mol. The van der Waals surface area contributed by atoms with Crippen LogP contribution < -0.4 is 5.32 Å². The molecule has 1 atom stereocenters. The summed E-state index contributed by atoms with van der Waals surface area (Å²) in [4.78, 5) is 11.2. The molecule has 0 spiro atoms. The van der Waals surface area contributed by atoms with Crippen molar-refractivity contribution < 1.29 is 9.53 Å². The van der Waals surface area contributed by atoms with E-state index in [1.807, 2.05) is 6.92 Å². The van der Waals surface area contributed by atoms with Crippen LogP contribution in [-0.4, -0.2) is 26.2 Å². The third kappa shape index (κ3) is 5.64. The number of nitrogens with one attached hydrogen (secondary N) is 1. The molecule has 0 rings (SSSR count). The first kappa shape index (κ1) is 12.4. The fourth-order valence-corrected chi connectivity index (χ4v) is 1.11. The van der Waals surface area contributed by atoms with Gasteiger partial charge in [-0.05, 0) is 18.9 Å². The number of rotatable bonds is 6. The van der Waals surface area contributed by atoms with Gasteiger partial charge in [-0.3, -0.25) is 4.79 Å². The van der Waals surface area contributed by atoms with Gasteiger partial charge in [0, 0.05) is 6.54 Å². The molecule has 13 heavy (non-hydrogen) atoms. The molecule has 0 radical (unpaired) electrons. The molecule has 1 unspecified atom stereocenters. The minimum absolute atomic E-state index is 0.00347. The second kappa shape index (κ2) is 6.89. The van der Waals surface area contributed by atoms with Gasteiger partial charge in [0.1, 0.15) is 0 Å². The number of carbonyl (C=O) groups is 1. The number of hydrogen-bond acceptors (Lipinski definition) is 3. The Morgan fingerprint density at radius 3 is 2.38 bits per heavy atom. The van der Waals surface area contributed by atoms with Crippen molar-refractivity contribution in [1.82, 2.24) is 5.32 Å². The molecule has 0 saturated carbocycles. The Morgan fingerprint density at radius 2 is 2.00 bits per heavy atom. The van der Waals surface area contributed by atoms with Gasteiger partial charge in [0.25, 0.3) is 0 Å². The lowest BCUT2D eigenvalue weighted by atomic mass is 10.1. The predicted octanol–water partition coefficient (Wildman–Crippen LogP) is 1.43. The normalized spacial score (nSPS) is 13.0. The average Bonchev–Trinajstić information content (AvgIpc) is 2.11. The summed E-state index contributed by atoms with van der Waals surface area (Å²) in [6, 6.07) is 0. The van der Waals surface area contributed by atoms with Crippen molar-refractivity contribution in [3.63, 3.8) is 0 Å². The van der Waals surface area contributed by atoms with E-state index in [0.29, 0.717) is 5.92 Å². The molecule has 0 bridgehead atoms. The lowest BCUT2D eigenvalue weighted by Gasteiger charge is -2.14. The van der Waals surface area contributed by atoms with Gasteiger partial charge < -0.3 is 10.1 Å². The molecule has 1 N–H and O–H groups in total. The summed E-state index contributed by atoms with van der Waals surface area (Å²) in [7, 11) is 1.44. The number of esters is 1. The Kier molecular flexibility index (Phi) is 6.59. The molecule has 0 aromatic rings. The van der Waals surface area contributed by atoms with E-state index in [4.69, 9.17) is 0 Å². The Labute approximate surface area is 80.8 Å². The molecule has 0 heterocycles. The quantitative estimate of drug-likeness (QED) is 0.639. The van der Waals surface area contributed by atoms with Crippen LogP contribution in [0.1, 0.15) is 27.2 Å². The maximum Gasteiger partial charge on any atom is 0.309 e. The molecule has 0 aliphatic heterocycles. The predicted molar refractivity (Wildman–Crippen MR) is 53.5 cm³/mol. The zero-order chi connectivity index (χ0) is 10.3. The van der Waals surface area contributed by atoms with Crippen molar-refractivity contribution >= 4 is 5.97 Å². The van der Waals surface area contributed by atoms with E-state index in [9.17, 15) is 4.79 Å². The molecule has 0 aromatic heterocycles. The van der Waals surface area contributed by atoms with Crippen molar-refractivity contribution in [2.75, 3.05) is 20.2 Å². The van der Waals surface area contributed by atoms with Gasteiger partial charge in [-0.1, -0.05) is 20.8 Å². The van der Waals surface area contributed by atoms with E-state index in [2.05, 4.69) is 23.9 Å². The van der Waals surface area contributed by atoms with Crippen LogP contribution in [0.15, 0.2) is 0 Å². The molecule has 0 aliphatic rings. The van der Waals surface area contributed by atoms with Gasteiger partial charge in [0.2, 0.25) is 0 Å². The van der Waals surface area contributed by atoms with Crippen molar-refractivity contribution in [2.45, 2.75) is 27.2 Å². The summed E-state index contributed by atoms with van der Waals surface area (Å²) in [5, 5.41) is 3.25. The Bertz CT molecular complexity index is 146. The Balaban J connectivity index is 3.66. The molecule has 0 saturated heterocycles. The number of carbonyl (C=O) groups excluding carboxylic acids is 1. The number of ether oxygens (including phenoxy) is 1. The van der Waals surface area contributed by atoms with Crippen LogP contribution >= 0.6 is 0 Å². The van der Waals surface area contributed by atoms with Gasteiger partial charge in [-0.2, -0.15) is 0 Å². The molecule has 0 amide bonds. The lowest BCUT2D eigenvalue weighted by Crippen LogP contribution is -2.31. The number of hydrogen-bond donors (Lipinski definition) is 1. The van der Waals surface area contributed by atoms with Crippen LogP contribution in [0.3, 0.4) is 0 Å².